The number of Topliss-reactive ketones (excluding diaryl/α,β-unsaturated/α-hetero) is 1. The molecule has 0 N–H and O–H groups in total. The first-order valence-electron chi connectivity index (χ1n) is 11.0. The molecule has 4 saturated carbocycles. The zero-order valence-electron chi connectivity index (χ0n) is 16.1. The summed E-state index contributed by atoms with van der Waals surface area (Å²) in [5.74, 6) is 1.57. The molecule has 5 nitrogen and oxygen atoms in total. The number of rotatable bonds is 4. The third-order valence-corrected chi connectivity index (χ3v) is 8.89. The van der Waals surface area contributed by atoms with Crippen LogP contribution in [-0.4, -0.2) is 40.7 Å². The second-order valence-electron chi connectivity index (χ2n) is 10.6. The molecule has 27 heavy (non-hydrogen) atoms. The average Bonchev–Trinajstić information content (AvgIpc) is 3.26. The molecule has 2 amide bonds. The highest BCUT2D eigenvalue weighted by atomic mass is 16.5. The first kappa shape index (κ1) is 16.7. The van der Waals surface area contributed by atoms with E-state index in [0.717, 1.165) is 30.6 Å². The number of carbonyl (C=O) groups excluding carboxylic acids is 3. The predicted octanol–water partition coefficient (Wildman–Crippen LogP) is 2.71. The van der Waals surface area contributed by atoms with Crippen molar-refractivity contribution >= 4 is 17.6 Å². The number of hydrogen-bond donors (Lipinski definition) is 0. The Morgan fingerprint density at radius 2 is 1.48 bits per heavy atom. The Hall–Kier alpha value is -1.23. The Morgan fingerprint density at radius 3 is 1.96 bits per heavy atom. The normalized spacial score (nSPS) is 50.6. The largest absolute Gasteiger partial charge is 0.373 e. The Balaban J connectivity index is 1.20. The van der Waals surface area contributed by atoms with Crippen LogP contribution in [0.2, 0.25) is 0 Å². The molecular weight excluding hydrogens is 342 g/mol. The summed E-state index contributed by atoms with van der Waals surface area (Å²) >= 11 is 0. The Labute approximate surface area is 160 Å². The molecule has 0 aromatic rings. The monoisotopic (exact) mass is 371 g/mol. The van der Waals surface area contributed by atoms with Crippen LogP contribution in [0.3, 0.4) is 0 Å². The van der Waals surface area contributed by atoms with Crippen LogP contribution in [0.4, 0.5) is 0 Å². The van der Waals surface area contributed by atoms with E-state index in [1.165, 1.54) is 43.4 Å². The van der Waals surface area contributed by atoms with Crippen LogP contribution < -0.4 is 0 Å². The van der Waals surface area contributed by atoms with Gasteiger partial charge in [-0.2, -0.15) is 0 Å². The maximum atomic E-state index is 13.2. The van der Waals surface area contributed by atoms with Gasteiger partial charge in [-0.15, -0.1) is 0 Å². The van der Waals surface area contributed by atoms with Crippen molar-refractivity contribution in [1.29, 1.82) is 0 Å². The SMILES string of the molecule is CC(C(=O)CC12CC3CC(CC(C3)C1)C2)N1C(=O)C2C3CCC(O3)C2C1=O. The van der Waals surface area contributed by atoms with E-state index in [1.807, 2.05) is 0 Å². The van der Waals surface area contributed by atoms with Crippen molar-refractivity contribution in [2.75, 3.05) is 0 Å². The summed E-state index contributed by atoms with van der Waals surface area (Å²) in [7, 11) is 0. The van der Waals surface area contributed by atoms with E-state index in [2.05, 4.69) is 0 Å². The molecule has 3 saturated heterocycles. The molecule has 0 aromatic heterocycles. The number of carbonyl (C=O) groups is 3. The van der Waals surface area contributed by atoms with E-state index in [1.54, 1.807) is 6.92 Å². The lowest BCUT2D eigenvalue weighted by molar-refractivity contribution is -0.151. The number of ketones is 1. The fraction of sp³-hybridized carbons (Fsp3) is 0.864. The summed E-state index contributed by atoms with van der Waals surface area (Å²) in [5.41, 5.74) is 0.157. The maximum absolute atomic E-state index is 13.2. The van der Waals surface area contributed by atoms with Crippen LogP contribution in [0.5, 0.6) is 0 Å². The Bertz CT molecular complexity index is 667. The van der Waals surface area contributed by atoms with E-state index >= 15 is 0 Å². The fourth-order valence-electron chi connectivity index (χ4n) is 8.28. The fourth-order valence-corrected chi connectivity index (χ4v) is 8.28. The first-order chi connectivity index (χ1) is 12.9. The van der Waals surface area contributed by atoms with Gasteiger partial charge < -0.3 is 4.74 Å². The topological polar surface area (TPSA) is 63.7 Å². The molecule has 146 valence electrons. The van der Waals surface area contributed by atoms with Gasteiger partial charge in [0.05, 0.1) is 30.1 Å². The van der Waals surface area contributed by atoms with Gasteiger partial charge in [0.25, 0.3) is 0 Å². The Morgan fingerprint density at radius 1 is 1.00 bits per heavy atom. The minimum atomic E-state index is -0.608. The zero-order valence-corrected chi connectivity index (χ0v) is 16.1. The van der Waals surface area contributed by atoms with Gasteiger partial charge in [0.2, 0.25) is 11.8 Å². The van der Waals surface area contributed by atoms with Crippen molar-refractivity contribution in [2.45, 2.75) is 83.0 Å². The van der Waals surface area contributed by atoms with Crippen molar-refractivity contribution in [3.63, 3.8) is 0 Å². The van der Waals surface area contributed by atoms with Crippen LogP contribution in [0.15, 0.2) is 0 Å². The maximum Gasteiger partial charge on any atom is 0.236 e. The van der Waals surface area contributed by atoms with E-state index in [4.69, 9.17) is 4.74 Å². The molecule has 5 heteroatoms. The van der Waals surface area contributed by atoms with Gasteiger partial charge in [-0.05, 0) is 81.5 Å². The van der Waals surface area contributed by atoms with Gasteiger partial charge in [0, 0.05) is 6.42 Å². The Kier molecular flexibility index (Phi) is 3.36. The van der Waals surface area contributed by atoms with E-state index in [0.29, 0.717) is 6.42 Å². The van der Waals surface area contributed by atoms with Crippen LogP contribution in [0.1, 0.15) is 64.7 Å². The molecule has 5 atom stereocenters. The third-order valence-electron chi connectivity index (χ3n) is 8.89. The van der Waals surface area contributed by atoms with Gasteiger partial charge in [0.1, 0.15) is 0 Å². The minimum absolute atomic E-state index is 0.104. The van der Waals surface area contributed by atoms with Crippen molar-refractivity contribution < 1.29 is 19.1 Å². The minimum Gasteiger partial charge on any atom is -0.373 e. The molecule has 3 heterocycles. The van der Waals surface area contributed by atoms with Crippen molar-refractivity contribution in [3.05, 3.63) is 0 Å². The standard InChI is InChI=1S/C22H29NO4/c1-11(23-20(25)18-16-2-3-17(27-16)19(18)21(23)26)15(24)10-22-7-12-4-13(8-22)6-14(5-12)9-22/h11-14,16-19H,2-10H2,1H3. The summed E-state index contributed by atoms with van der Waals surface area (Å²) in [6, 6.07) is -0.608. The lowest BCUT2D eigenvalue weighted by Crippen LogP contribution is -2.50. The lowest BCUT2D eigenvalue weighted by atomic mass is 9.48. The van der Waals surface area contributed by atoms with Gasteiger partial charge >= 0.3 is 0 Å². The van der Waals surface area contributed by atoms with Gasteiger partial charge in [0.15, 0.2) is 5.78 Å². The van der Waals surface area contributed by atoms with Gasteiger partial charge in [-0.1, -0.05) is 0 Å². The number of ether oxygens (including phenoxy) is 1. The summed E-state index contributed by atoms with van der Waals surface area (Å²) in [5, 5.41) is 0. The summed E-state index contributed by atoms with van der Waals surface area (Å²) in [4.78, 5) is 40.5. The molecular formula is C22H29NO4. The van der Waals surface area contributed by atoms with Crippen molar-refractivity contribution in [2.24, 2.45) is 35.0 Å². The number of likely N-dealkylation sites (tertiary alicyclic amines) is 1. The number of hydrogen-bond acceptors (Lipinski definition) is 4. The summed E-state index contributed by atoms with van der Waals surface area (Å²) in [6.45, 7) is 1.78. The van der Waals surface area contributed by atoms with Crippen molar-refractivity contribution in [1.82, 2.24) is 4.90 Å². The number of amides is 2. The van der Waals surface area contributed by atoms with Crippen LogP contribution >= 0.6 is 0 Å². The van der Waals surface area contributed by atoms with Gasteiger partial charge in [-0.3, -0.25) is 19.3 Å². The highest BCUT2D eigenvalue weighted by Crippen LogP contribution is 2.61. The van der Waals surface area contributed by atoms with E-state index in [-0.39, 0.29) is 47.1 Å². The predicted molar refractivity (Wildman–Crippen MR) is 96.4 cm³/mol. The third kappa shape index (κ3) is 2.24. The first-order valence-corrected chi connectivity index (χ1v) is 11.0. The van der Waals surface area contributed by atoms with Gasteiger partial charge in [-0.25, -0.2) is 0 Å². The summed E-state index contributed by atoms with van der Waals surface area (Å²) in [6.07, 6.45) is 9.72. The molecule has 7 aliphatic rings. The smallest absolute Gasteiger partial charge is 0.236 e. The molecule has 0 radical (unpaired) electrons. The lowest BCUT2D eigenvalue weighted by Gasteiger charge is -2.57. The van der Waals surface area contributed by atoms with E-state index in [9.17, 15) is 14.4 Å². The number of fused-ring (bicyclic) bond motifs is 5. The zero-order chi connectivity index (χ0) is 18.5. The molecule has 3 aliphatic heterocycles. The van der Waals surface area contributed by atoms with Crippen LogP contribution in [0.25, 0.3) is 0 Å². The molecule has 0 aromatic carbocycles. The highest BCUT2D eigenvalue weighted by Gasteiger charge is 2.63. The molecule has 6 bridgehead atoms. The second kappa shape index (κ2) is 5.43. The quantitative estimate of drug-likeness (QED) is 0.713. The molecule has 4 aliphatic carbocycles. The second-order valence-corrected chi connectivity index (χ2v) is 10.6. The summed E-state index contributed by atoms with van der Waals surface area (Å²) < 4.78 is 5.81. The van der Waals surface area contributed by atoms with Crippen molar-refractivity contribution in [3.8, 4) is 0 Å². The van der Waals surface area contributed by atoms with Crippen LogP contribution in [0, 0.1) is 35.0 Å². The van der Waals surface area contributed by atoms with E-state index < -0.39 is 6.04 Å². The molecule has 5 unspecified atom stereocenters. The number of imide groups is 1. The molecule has 0 spiro atoms. The number of nitrogens with zero attached hydrogens (tertiary/aromatic N) is 1. The average molecular weight is 371 g/mol. The molecule has 7 fully saturated rings. The van der Waals surface area contributed by atoms with Crippen LogP contribution in [-0.2, 0) is 19.1 Å². The highest BCUT2D eigenvalue weighted by molar-refractivity contribution is 6.09. The molecule has 7 rings (SSSR count).